The first-order chi connectivity index (χ1) is 9.47. The molecule has 0 spiro atoms. The minimum atomic E-state index is -0.0235. The van der Waals surface area contributed by atoms with Crippen molar-refractivity contribution in [2.75, 3.05) is 0 Å². The minimum absolute atomic E-state index is 0.0158. The number of amides is 1. The molecular formula is C14H17ClN2O2S. The summed E-state index contributed by atoms with van der Waals surface area (Å²) in [5, 5.41) is 6.86. The van der Waals surface area contributed by atoms with Gasteiger partial charge in [-0.3, -0.25) is 4.79 Å². The van der Waals surface area contributed by atoms with Gasteiger partial charge in [0.1, 0.15) is 5.76 Å². The van der Waals surface area contributed by atoms with Crippen LogP contribution in [0.15, 0.2) is 16.7 Å². The van der Waals surface area contributed by atoms with Crippen molar-refractivity contribution >= 4 is 28.8 Å². The second-order valence-corrected chi connectivity index (χ2v) is 6.48. The molecule has 0 saturated heterocycles. The Balaban J connectivity index is 1.87. The maximum Gasteiger partial charge on any atom is 0.220 e. The Morgan fingerprint density at radius 1 is 1.50 bits per heavy atom. The Bertz CT molecular complexity index is 587. The van der Waals surface area contributed by atoms with E-state index in [-0.39, 0.29) is 11.9 Å². The van der Waals surface area contributed by atoms with Crippen LogP contribution in [-0.2, 0) is 11.2 Å². The molecule has 108 valence electrons. The maximum absolute atomic E-state index is 12.0. The second-order valence-electron chi connectivity index (χ2n) is 4.73. The normalized spacial score (nSPS) is 12.4. The van der Waals surface area contributed by atoms with Crippen molar-refractivity contribution in [2.45, 2.75) is 39.7 Å². The fourth-order valence-corrected chi connectivity index (χ4v) is 3.11. The number of rotatable bonds is 5. The molecule has 20 heavy (non-hydrogen) atoms. The standard InChI is InChI=1S/C14H17ClN2O2S/c1-8-11(10(3)19-17-8)4-7-14(18)16-9(2)12-5-6-13(15)20-12/h5-6,9H,4,7H2,1-3H3,(H,16,18)/t9-/m1/s1. The van der Waals surface area contributed by atoms with Gasteiger partial charge in [0, 0.05) is 16.9 Å². The van der Waals surface area contributed by atoms with Crippen molar-refractivity contribution < 1.29 is 9.32 Å². The van der Waals surface area contributed by atoms with Gasteiger partial charge in [0.15, 0.2) is 0 Å². The van der Waals surface area contributed by atoms with E-state index in [4.69, 9.17) is 16.1 Å². The molecular weight excluding hydrogens is 296 g/mol. The number of nitrogens with one attached hydrogen (secondary N) is 1. The summed E-state index contributed by atoms with van der Waals surface area (Å²) in [6.07, 6.45) is 1.07. The second kappa shape index (κ2) is 6.41. The Labute approximate surface area is 127 Å². The van der Waals surface area contributed by atoms with Crippen LogP contribution in [0.5, 0.6) is 0 Å². The Hall–Kier alpha value is -1.33. The van der Waals surface area contributed by atoms with Crippen molar-refractivity contribution in [1.29, 1.82) is 0 Å². The highest BCUT2D eigenvalue weighted by molar-refractivity contribution is 7.16. The summed E-state index contributed by atoms with van der Waals surface area (Å²) in [5.41, 5.74) is 1.88. The molecule has 4 nitrogen and oxygen atoms in total. The maximum atomic E-state index is 12.0. The van der Waals surface area contributed by atoms with Crippen LogP contribution in [0.1, 0.15) is 41.3 Å². The fourth-order valence-electron chi connectivity index (χ4n) is 2.04. The highest BCUT2D eigenvalue weighted by atomic mass is 35.5. The van der Waals surface area contributed by atoms with Crippen LogP contribution in [0.4, 0.5) is 0 Å². The largest absolute Gasteiger partial charge is 0.361 e. The third-order valence-corrected chi connectivity index (χ3v) is 4.60. The number of nitrogens with zero attached hydrogens (tertiary/aromatic N) is 1. The predicted octanol–water partition coefficient (Wildman–Crippen LogP) is 3.82. The van der Waals surface area contributed by atoms with Gasteiger partial charge in [0.2, 0.25) is 5.91 Å². The first kappa shape index (κ1) is 15.1. The smallest absolute Gasteiger partial charge is 0.220 e. The molecule has 2 heterocycles. The molecule has 0 radical (unpaired) electrons. The quantitative estimate of drug-likeness (QED) is 0.913. The fraction of sp³-hybridized carbons (Fsp3) is 0.429. The summed E-state index contributed by atoms with van der Waals surface area (Å²) in [6.45, 7) is 5.71. The van der Waals surface area contributed by atoms with Gasteiger partial charge >= 0.3 is 0 Å². The zero-order valence-corrected chi connectivity index (χ0v) is 13.3. The van der Waals surface area contributed by atoms with Crippen LogP contribution in [0.25, 0.3) is 0 Å². The van der Waals surface area contributed by atoms with E-state index in [1.54, 1.807) is 0 Å². The number of hydrogen-bond acceptors (Lipinski definition) is 4. The average molecular weight is 313 g/mol. The number of hydrogen-bond donors (Lipinski definition) is 1. The number of aryl methyl sites for hydroxylation is 2. The Morgan fingerprint density at radius 3 is 2.80 bits per heavy atom. The molecule has 0 aliphatic carbocycles. The molecule has 0 unspecified atom stereocenters. The highest BCUT2D eigenvalue weighted by Crippen LogP contribution is 2.26. The van der Waals surface area contributed by atoms with Crippen LogP contribution in [-0.4, -0.2) is 11.1 Å². The van der Waals surface area contributed by atoms with Crippen LogP contribution in [0.2, 0.25) is 4.34 Å². The lowest BCUT2D eigenvalue weighted by molar-refractivity contribution is -0.121. The summed E-state index contributed by atoms with van der Waals surface area (Å²) in [6, 6.07) is 3.75. The average Bonchev–Trinajstić information content (AvgIpc) is 2.95. The summed E-state index contributed by atoms with van der Waals surface area (Å²) in [5.74, 6) is 0.801. The van der Waals surface area contributed by atoms with Crippen molar-refractivity contribution in [3.63, 3.8) is 0 Å². The third kappa shape index (κ3) is 3.61. The van der Waals surface area contributed by atoms with Gasteiger partial charge in [0.25, 0.3) is 0 Å². The molecule has 1 N–H and O–H groups in total. The van der Waals surface area contributed by atoms with E-state index in [0.717, 1.165) is 26.2 Å². The number of carbonyl (C=O) groups excluding carboxylic acids is 1. The van der Waals surface area contributed by atoms with Crippen LogP contribution in [0, 0.1) is 13.8 Å². The Kier molecular flexibility index (Phi) is 4.83. The van der Waals surface area contributed by atoms with Gasteiger partial charge < -0.3 is 9.84 Å². The van der Waals surface area contributed by atoms with Gasteiger partial charge in [-0.05, 0) is 39.3 Å². The molecule has 0 aromatic carbocycles. The van der Waals surface area contributed by atoms with Crippen LogP contribution >= 0.6 is 22.9 Å². The number of halogens is 1. The topological polar surface area (TPSA) is 55.1 Å². The van der Waals surface area contributed by atoms with Crippen molar-refractivity contribution in [2.24, 2.45) is 0 Å². The van der Waals surface area contributed by atoms with Gasteiger partial charge in [0.05, 0.1) is 16.1 Å². The molecule has 2 aromatic heterocycles. The molecule has 0 bridgehead atoms. The van der Waals surface area contributed by atoms with Gasteiger partial charge in [-0.2, -0.15) is 0 Å². The molecule has 0 fully saturated rings. The molecule has 6 heteroatoms. The molecule has 1 atom stereocenters. The molecule has 1 amide bonds. The van der Waals surface area contributed by atoms with E-state index < -0.39 is 0 Å². The number of thiophene rings is 1. The van der Waals surface area contributed by atoms with Crippen molar-refractivity contribution in [1.82, 2.24) is 10.5 Å². The molecule has 0 aliphatic heterocycles. The van der Waals surface area contributed by atoms with E-state index in [9.17, 15) is 4.79 Å². The summed E-state index contributed by atoms with van der Waals surface area (Å²) < 4.78 is 5.82. The first-order valence-electron chi connectivity index (χ1n) is 6.43. The summed E-state index contributed by atoms with van der Waals surface area (Å²) in [4.78, 5) is 13.0. The van der Waals surface area contributed by atoms with Crippen molar-refractivity contribution in [3.8, 4) is 0 Å². The molecule has 0 saturated carbocycles. The SMILES string of the molecule is Cc1noc(C)c1CCC(=O)N[C@H](C)c1ccc(Cl)s1. The monoisotopic (exact) mass is 312 g/mol. The number of aromatic nitrogens is 1. The summed E-state index contributed by atoms with van der Waals surface area (Å²) >= 11 is 7.38. The minimum Gasteiger partial charge on any atom is -0.361 e. The van der Waals surface area contributed by atoms with E-state index >= 15 is 0 Å². The highest BCUT2D eigenvalue weighted by Gasteiger charge is 2.14. The molecule has 2 rings (SSSR count). The van der Waals surface area contributed by atoms with Gasteiger partial charge in [-0.1, -0.05) is 16.8 Å². The lowest BCUT2D eigenvalue weighted by atomic mass is 10.1. The zero-order valence-electron chi connectivity index (χ0n) is 11.7. The van der Waals surface area contributed by atoms with E-state index in [2.05, 4.69) is 10.5 Å². The predicted molar refractivity (Wildman–Crippen MR) is 80.2 cm³/mol. The zero-order chi connectivity index (χ0) is 14.7. The van der Waals surface area contributed by atoms with E-state index in [1.165, 1.54) is 11.3 Å². The van der Waals surface area contributed by atoms with E-state index in [0.29, 0.717) is 12.8 Å². The van der Waals surface area contributed by atoms with Crippen LogP contribution < -0.4 is 5.32 Å². The molecule has 2 aromatic rings. The lowest BCUT2D eigenvalue weighted by Gasteiger charge is -2.12. The van der Waals surface area contributed by atoms with Crippen LogP contribution in [0.3, 0.4) is 0 Å². The van der Waals surface area contributed by atoms with Gasteiger partial charge in [-0.15, -0.1) is 11.3 Å². The summed E-state index contributed by atoms with van der Waals surface area (Å²) in [7, 11) is 0. The van der Waals surface area contributed by atoms with Gasteiger partial charge in [-0.25, -0.2) is 0 Å². The molecule has 0 aliphatic rings. The van der Waals surface area contributed by atoms with E-state index in [1.807, 2.05) is 32.9 Å². The lowest BCUT2D eigenvalue weighted by Crippen LogP contribution is -2.26. The number of carbonyl (C=O) groups is 1. The third-order valence-electron chi connectivity index (χ3n) is 3.18. The Morgan fingerprint density at radius 2 is 2.25 bits per heavy atom. The van der Waals surface area contributed by atoms with Crippen molar-refractivity contribution in [3.05, 3.63) is 38.4 Å². The first-order valence-corrected chi connectivity index (χ1v) is 7.63.